The number of hydrogen-bond acceptors (Lipinski definition) is 2. The summed E-state index contributed by atoms with van der Waals surface area (Å²) in [5, 5.41) is 0. The van der Waals surface area contributed by atoms with Crippen LogP contribution in [0.3, 0.4) is 0 Å². The number of rotatable bonds is 2. The minimum Gasteiger partial charge on any atom is -0.311 e. The lowest BCUT2D eigenvalue weighted by Gasteiger charge is -2.44. The summed E-state index contributed by atoms with van der Waals surface area (Å²) in [5.41, 5.74) is 24.5. The van der Waals surface area contributed by atoms with Crippen LogP contribution in [0, 0.1) is 23.7 Å². The molecule has 4 saturated carbocycles. The third-order valence-corrected chi connectivity index (χ3v) is 17.4. The molecule has 0 N–H and O–H groups in total. The summed E-state index contributed by atoms with van der Waals surface area (Å²) in [4.78, 5) is 5.30. The van der Waals surface area contributed by atoms with Crippen molar-refractivity contribution in [1.82, 2.24) is 0 Å². The highest BCUT2D eigenvalue weighted by Gasteiger charge is 2.59. The first-order chi connectivity index (χ1) is 29.2. The van der Waals surface area contributed by atoms with Gasteiger partial charge in [-0.3, -0.25) is 0 Å². The second kappa shape index (κ2) is 11.1. The van der Waals surface area contributed by atoms with Gasteiger partial charge in [0.1, 0.15) is 0 Å². The summed E-state index contributed by atoms with van der Waals surface area (Å²) in [5.74, 6) is 3.15. The second-order valence-corrected chi connectivity index (χ2v) is 19.6. The van der Waals surface area contributed by atoms with Crippen LogP contribution in [0.5, 0.6) is 0 Å². The smallest absolute Gasteiger partial charge is 0.252 e. The Balaban J connectivity index is 0.964. The largest absolute Gasteiger partial charge is 0.311 e. The topological polar surface area (TPSA) is 6.48 Å². The molecule has 2 aliphatic heterocycles. The summed E-state index contributed by atoms with van der Waals surface area (Å²) < 4.78 is 0. The van der Waals surface area contributed by atoms with Gasteiger partial charge in [-0.2, -0.15) is 0 Å². The first-order valence-electron chi connectivity index (χ1n) is 22.6. The first kappa shape index (κ1) is 32.1. The lowest BCUT2D eigenvalue weighted by atomic mass is 9.33. The van der Waals surface area contributed by atoms with E-state index < -0.39 is 0 Å². The average Bonchev–Trinajstić information content (AvgIpc) is 4.17. The standard InChI is InChI=1S/C56H45BN2/c1-3-13-42-39(11-1)40-28-27-38(31-45(40)56(42)33-35-24-26-37(56)30-35)58-48-18-7-5-16-46(48)57-47-17-6-8-19-49(47)59(52-22-10-21-51(58)54(52)57)50-20-9-15-44-53(50)41-12-2-4-14-43(41)55(44)32-34-23-25-36(55)29-34/h1-22,27-28,31,34-37H,23-26,29-30,32-33H2/t34-,35+,36?,37-,55+,56-/m1/s1. The van der Waals surface area contributed by atoms with Crippen LogP contribution in [0.1, 0.15) is 73.6 Å². The van der Waals surface area contributed by atoms with Crippen molar-refractivity contribution >= 4 is 57.2 Å². The maximum absolute atomic E-state index is 2.67. The van der Waals surface area contributed by atoms with E-state index in [4.69, 9.17) is 0 Å². The third kappa shape index (κ3) is 3.75. The zero-order valence-corrected chi connectivity index (χ0v) is 33.4. The van der Waals surface area contributed by atoms with Gasteiger partial charge in [-0.25, -0.2) is 0 Å². The van der Waals surface area contributed by atoms with Crippen LogP contribution in [-0.2, 0) is 10.8 Å². The summed E-state index contributed by atoms with van der Waals surface area (Å²) in [7, 11) is 0. The van der Waals surface area contributed by atoms with Gasteiger partial charge in [0.05, 0.1) is 5.69 Å². The van der Waals surface area contributed by atoms with Gasteiger partial charge >= 0.3 is 0 Å². The first-order valence-corrected chi connectivity index (χ1v) is 22.6. The van der Waals surface area contributed by atoms with Crippen LogP contribution in [-0.4, -0.2) is 6.71 Å². The molecule has 0 saturated heterocycles. The van der Waals surface area contributed by atoms with Crippen molar-refractivity contribution in [2.24, 2.45) is 23.7 Å². The molecule has 4 fully saturated rings. The molecular formula is C56H45BN2. The molecule has 2 spiro atoms. The Labute approximate surface area is 347 Å². The quantitative estimate of drug-likeness (QED) is 0.162. The monoisotopic (exact) mass is 756 g/mol. The molecule has 7 aromatic rings. The maximum Gasteiger partial charge on any atom is 0.252 e. The Hall–Kier alpha value is -5.80. The third-order valence-electron chi connectivity index (χ3n) is 17.4. The van der Waals surface area contributed by atoms with Crippen LogP contribution in [0.25, 0.3) is 22.3 Å². The molecule has 0 aromatic heterocycles. The van der Waals surface area contributed by atoms with Gasteiger partial charge in [0.2, 0.25) is 0 Å². The maximum atomic E-state index is 2.67. The number of hydrogen-bond donors (Lipinski definition) is 0. The Bertz CT molecular complexity index is 3000. The average molecular weight is 757 g/mol. The van der Waals surface area contributed by atoms with Crippen molar-refractivity contribution in [1.29, 1.82) is 0 Å². The predicted molar refractivity (Wildman–Crippen MR) is 244 cm³/mol. The highest BCUT2D eigenvalue weighted by Crippen LogP contribution is 2.68. The number of nitrogens with zero attached hydrogens (tertiary/aromatic N) is 2. The minimum absolute atomic E-state index is 0.134. The van der Waals surface area contributed by atoms with Gasteiger partial charge in [0.25, 0.3) is 6.71 Å². The molecule has 0 amide bonds. The Morgan fingerprint density at radius 2 is 0.949 bits per heavy atom. The van der Waals surface area contributed by atoms with E-state index in [-0.39, 0.29) is 17.5 Å². The molecule has 0 radical (unpaired) electrons. The van der Waals surface area contributed by atoms with Crippen molar-refractivity contribution in [3.8, 4) is 22.3 Å². The zero-order valence-electron chi connectivity index (χ0n) is 33.4. The van der Waals surface area contributed by atoms with Gasteiger partial charge in [-0.05, 0) is 160 Å². The molecule has 7 aromatic carbocycles. The molecule has 15 rings (SSSR count). The van der Waals surface area contributed by atoms with E-state index >= 15 is 0 Å². The molecule has 8 aliphatic rings. The van der Waals surface area contributed by atoms with E-state index in [0.29, 0.717) is 0 Å². The van der Waals surface area contributed by atoms with Crippen molar-refractivity contribution in [3.05, 3.63) is 174 Å². The molecule has 2 nitrogen and oxygen atoms in total. The van der Waals surface area contributed by atoms with Gasteiger partial charge in [0, 0.05) is 44.8 Å². The van der Waals surface area contributed by atoms with Crippen LogP contribution < -0.4 is 26.2 Å². The van der Waals surface area contributed by atoms with Gasteiger partial charge in [-0.15, -0.1) is 0 Å². The summed E-state index contributed by atoms with van der Waals surface area (Å²) in [6.45, 7) is 0.137. The number of anilines is 6. The van der Waals surface area contributed by atoms with Crippen molar-refractivity contribution in [2.75, 3.05) is 9.80 Å². The van der Waals surface area contributed by atoms with E-state index in [2.05, 4.69) is 161 Å². The molecule has 6 aliphatic carbocycles. The summed E-state index contributed by atoms with van der Waals surface area (Å²) >= 11 is 0. The molecule has 6 atom stereocenters. The molecule has 3 heteroatoms. The van der Waals surface area contributed by atoms with Gasteiger partial charge in [0.15, 0.2) is 0 Å². The van der Waals surface area contributed by atoms with E-state index in [0.717, 1.165) is 23.7 Å². The number of para-hydroxylation sites is 2. The fourth-order valence-corrected chi connectivity index (χ4v) is 15.5. The fourth-order valence-electron chi connectivity index (χ4n) is 15.5. The Morgan fingerprint density at radius 1 is 0.424 bits per heavy atom. The van der Waals surface area contributed by atoms with E-state index in [9.17, 15) is 0 Å². The number of benzene rings is 7. The van der Waals surface area contributed by atoms with E-state index in [1.54, 1.807) is 22.3 Å². The van der Waals surface area contributed by atoms with Gasteiger partial charge in [-0.1, -0.05) is 122 Å². The van der Waals surface area contributed by atoms with Gasteiger partial charge < -0.3 is 9.80 Å². The second-order valence-electron chi connectivity index (χ2n) is 19.6. The van der Waals surface area contributed by atoms with Crippen LogP contribution in [0.4, 0.5) is 34.1 Å². The van der Waals surface area contributed by atoms with E-state index in [1.165, 1.54) is 124 Å². The molecular weight excluding hydrogens is 711 g/mol. The highest BCUT2D eigenvalue weighted by molar-refractivity contribution is 7.00. The lowest BCUT2D eigenvalue weighted by molar-refractivity contribution is 0.327. The molecule has 4 bridgehead atoms. The van der Waals surface area contributed by atoms with Crippen LogP contribution in [0.15, 0.2) is 152 Å². The molecule has 2 heterocycles. The van der Waals surface area contributed by atoms with Crippen molar-refractivity contribution in [3.63, 3.8) is 0 Å². The van der Waals surface area contributed by atoms with Crippen LogP contribution in [0.2, 0.25) is 0 Å². The summed E-state index contributed by atoms with van der Waals surface area (Å²) in [6, 6.07) is 59.6. The summed E-state index contributed by atoms with van der Waals surface area (Å²) in [6.07, 6.45) is 10.9. The predicted octanol–water partition coefficient (Wildman–Crippen LogP) is 11.9. The Morgan fingerprint density at radius 3 is 1.64 bits per heavy atom. The van der Waals surface area contributed by atoms with Crippen LogP contribution >= 0.6 is 0 Å². The molecule has 59 heavy (non-hydrogen) atoms. The fraction of sp³-hybridized carbons (Fsp3) is 0.250. The number of fused-ring (bicyclic) bond motifs is 20. The van der Waals surface area contributed by atoms with Crippen molar-refractivity contribution < 1.29 is 0 Å². The normalized spacial score (nSPS) is 27.5. The van der Waals surface area contributed by atoms with Crippen molar-refractivity contribution in [2.45, 2.75) is 62.2 Å². The van der Waals surface area contributed by atoms with E-state index in [1.807, 2.05) is 0 Å². The lowest BCUT2D eigenvalue weighted by Crippen LogP contribution is -2.61. The molecule has 1 unspecified atom stereocenters. The SMILES string of the molecule is c1ccc2c(c1)B1c3ccccc3N(c3cccc4c3-c3ccccc3[C@@]43C[C@@H]4CCC3C4)c3cccc(c31)N2c1ccc2c(c1)[C@@]1(C[C@H]3CC[C@@H]1C3)c1ccccc1-2. The molecule has 282 valence electrons. The zero-order chi connectivity index (χ0) is 38.2. The highest BCUT2D eigenvalue weighted by atomic mass is 15.2. The minimum atomic E-state index is 0.134. The Kier molecular flexibility index (Phi) is 6.02.